The lowest BCUT2D eigenvalue weighted by atomic mass is 10.1. The number of hydrogen-bond acceptors (Lipinski definition) is 4. The van der Waals surface area contributed by atoms with Crippen LogP contribution in [0.1, 0.15) is 6.92 Å². The Kier molecular flexibility index (Phi) is 4.76. The van der Waals surface area contributed by atoms with Crippen LogP contribution in [0, 0.1) is 0 Å². The zero-order valence-electron chi connectivity index (χ0n) is 13.7. The average Bonchev–Trinajstić information content (AvgIpc) is 3.05. The number of benzene rings is 2. The number of guanidine groups is 1. The van der Waals surface area contributed by atoms with Gasteiger partial charge in [-0.15, -0.1) is 11.3 Å². The molecule has 0 saturated heterocycles. The van der Waals surface area contributed by atoms with Crippen LogP contribution in [-0.4, -0.2) is 16.8 Å². The summed E-state index contributed by atoms with van der Waals surface area (Å²) < 4.78 is 0. The number of nitrogens with zero attached hydrogens (tertiary/aromatic N) is 3. The first-order chi connectivity index (χ1) is 12.0. The molecule has 0 unspecified atom stereocenters. The van der Waals surface area contributed by atoms with Crippen molar-refractivity contribution in [3.05, 3.63) is 53.9 Å². The van der Waals surface area contributed by atoms with Gasteiger partial charge in [0.25, 0.3) is 0 Å². The summed E-state index contributed by atoms with van der Waals surface area (Å²) >= 11 is 1.59. The summed E-state index contributed by atoms with van der Waals surface area (Å²) in [6.45, 7) is 1.76. The first-order valence-corrected chi connectivity index (χ1v) is 8.46. The van der Waals surface area contributed by atoms with Gasteiger partial charge in [-0.1, -0.05) is 12.1 Å². The molecule has 0 atom stereocenters. The van der Waals surface area contributed by atoms with Gasteiger partial charge in [-0.2, -0.15) is 0 Å². The van der Waals surface area contributed by atoms with Crippen molar-refractivity contribution in [2.75, 3.05) is 0 Å². The Labute approximate surface area is 149 Å². The zero-order chi connectivity index (χ0) is 17.8. The number of rotatable bonds is 4. The van der Waals surface area contributed by atoms with Crippen LogP contribution < -0.4 is 17.2 Å². The lowest BCUT2D eigenvalue weighted by molar-refractivity contribution is 1.38. The molecule has 0 fully saturated rings. The lowest BCUT2D eigenvalue weighted by Gasteiger charge is -2.00. The maximum absolute atomic E-state index is 5.60. The summed E-state index contributed by atoms with van der Waals surface area (Å²) in [7, 11) is 0. The molecule has 6 nitrogen and oxygen atoms in total. The number of nitrogens with two attached hydrogens (primary N) is 3. The summed E-state index contributed by atoms with van der Waals surface area (Å²) in [5, 5.41) is 2.98. The van der Waals surface area contributed by atoms with E-state index in [0.717, 1.165) is 27.5 Å². The van der Waals surface area contributed by atoms with E-state index in [1.54, 1.807) is 18.3 Å². The standard InChI is InChI=1S/C18H18N6S/c1-11(19)22-14-8-4-13(5-9-14)17-24-16(10-25-17)12-2-6-15(7-3-12)23-18(20)21/h2-10H,1H3,(H2,19,22)(H4,20,21,23). The molecule has 0 bridgehead atoms. The third-order valence-electron chi connectivity index (χ3n) is 3.35. The van der Waals surface area contributed by atoms with Crippen molar-refractivity contribution in [3.63, 3.8) is 0 Å². The fourth-order valence-corrected chi connectivity index (χ4v) is 3.11. The monoisotopic (exact) mass is 350 g/mol. The Morgan fingerprint density at radius 1 is 0.840 bits per heavy atom. The van der Waals surface area contributed by atoms with E-state index in [1.807, 2.05) is 53.9 Å². The smallest absolute Gasteiger partial charge is 0.191 e. The summed E-state index contributed by atoms with van der Waals surface area (Å²) in [5.41, 5.74) is 20.9. The summed E-state index contributed by atoms with van der Waals surface area (Å²) in [6, 6.07) is 15.4. The van der Waals surface area contributed by atoms with Gasteiger partial charge in [0, 0.05) is 16.5 Å². The van der Waals surface area contributed by atoms with Crippen LogP contribution in [0.4, 0.5) is 11.4 Å². The summed E-state index contributed by atoms with van der Waals surface area (Å²) in [6.07, 6.45) is 0. The van der Waals surface area contributed by atoms with Crippen molar-refractivity contribution in [1.82, 2.24) is 4.98 Å². The van der Waals surface area contributed by atoms with Crippen molar-refractivity contribution in [2.45, 2.75) is 6.92 Å². The van der Waals surface area contributed by atoms with Gasteiger partial charge in [0.15, 0.2) is 5.96 Å². The third kappa shape index (κ3) is 4.21. The highest BCUT2D eigenvalue weighted by molar-refractivity contribution is 7.13. The Bertz CT molecular complexity index is 839. The Hall–Kier alpha value is -3.19. The van der Waals surface area contributed by atoms with E-state index in [9.17, 15) is 0 Å². The molecule has 3 aromatic rings. The quantitative estimate of drug-likeness (QED) is 0.494. The molecule has 1 aromatic heterocycles. The molecule has 0 amide bonds. The minimum Gasteiger partial charge on any atom is -0.387 e. The zero-order valence-corrected chi connectivity index (χ0v) is 14.5. The first-order valence-electron chi connectivity index (χ1n) is 7.58. The van der Waals surface area contributed by atoms with Crippen LogP contribution in [0.15, 0.2) is 63.9 Å². The van der Waals surface area contributed by atoms with Crippen LogP contribution >= 0.6 is 11.3 Å². The SMILES string of the molecule is CC(N)=Nc1ccc(-c2nc(-c3ccc(N=C(N)N)cc3)cs2)cc1. The van der Waals surface area contributed by atoms with Crippen LogP contribution in [0.3, 0.4) is 0 Å². The van der Waals surface area contributed by atoms with E-state index >= 15 is 0 Å². The van der Waals surface area contributed by atoms with Crippen molar-refractivity contribution in [2.24, 2.45) is 27.2 Å². The van der Waals surface area contributed by atoms with E-state index in [2.05, 4.69) is 9.98 Å². The predicted octanol–water partition coefficient (Wildman–Crippen LogP) is 3.39. The molecule has 0 aliphatic carbocycles. The highest BCUT2D eigenvalue weighted by Gasteiger charge is 2.07. The van der Waals surface area contributed by atoms with Crippen LogP contribution in [-0.2, 0) is 0 Å². The van der Waals surface area contributed by atoms with Gasteiger partial charge >= 0.3 is 0 Å². The van der Waals surface area contributed by atoms with Gasteiger partial charge in [0.1, 0.15) is 5.01 Å². The Morgan fingerprint density at radius 3 is 1.96 bits per heavy atom. The molecular weight excluding hydrogens is 332 g/mol. The third-order valence-corrected chi connectivity index (χ3v) is 4.24. The van der Waals surface area contributed by atoms with Crippen LogP contribution in [0.5, 0.6) is 0 Å². The topological polar surface area (TPSA) is 116 Å². The van der Waals surface area contributed by atoms with Gasteiger partial charge in [-0.25, -0.2) is 15.0 Å². The van der Waals surface area contributed by atoms with Crippen molar-refractivity contribution in [3.8, 4) is 21.8 Å². The molecule has 2 aromatic carbocycles. The molecule has 0 spiro atoms. The number of amidine groups is 1. The number of aromatic nitrogens is 1. The number of thiazole rings is 1. The molecule has 3 rings (SSSR count). The van der Waals surface area contributed by atoms with Crippen LogP contribution in [0.2, 0.25) is 0 Å². The van der Waals surface area contributed by atoms with Gasteiger partial charge in [-0.3, -0.25) is 0 Å². The van der Waals surface area contributed by atoms with Crippen molar-refractivity contribution < 1.29 is 0 Å². The van der Waals surface area contributed by atoms with Crippen molar-refractivity contribution >= 4 is 34.5 Å². The number of aliphatic imine (C=N–C) groups is 2. The van der Waals surface area contributed by atoms with E-state index in [-0.39, 0.29) is 5.96 Å². The highest BCUT2D eigenvalue weighted by Crippen LogP contribution is 2.30. The molecule has 7 heteroatoms. The molecule has 0 saturated carbocycles. The normalized spacial score (nSPS) is 11.3. The van der Waals surface area contributed by atoms with E-state index < -0.39 is 0 Å². The molecular formula is C18H18N6S. The minimum atomic E-state index is 0.0429. The van der Waals surface area contributed by atoms with Crippen LogP contribution in [0.25, 0.3) is 21.8 Å². The van der Waals surface area contributed by atoms with Gasteiger partial charge in [0.2, 0.25) is 0 Å². The molecule has 25 heavy (non-hydrogen) atoms. The summed E-state index contributed by atoms with van der Waals surface area (Å²) in [5.74, 6) is 0.578. The Balaban J connectivity index is 1.82. The Morgan fingerprint density at radius 2 is 1.40 bits per heavy atom. The van der Waals surface area contributed by atoms with E-state index in [0.29, 0.717) is 11.5 Å². The lowest BCUT2D eigenvalue weighted by Crippen LogP contribution is -2.21. The fourth-order valence-electron chi connectivity index (χ4n) is 2.28. The maximum Gasteiger partial charge on any atom is 0.191 e. The molecule has 0 aliphatic heterocycles. The molecule has 126 valence electrons. The second kappa shape index (κ2) is 7.14. The second-order valence-corrected chi connectivity index (χ2v) is 6.28. The molecule has 0 aliphatic rings. The van der Waals surface area contributed by atoms with Gasteiger partial charge in [-0.05, 0) is 43.3 Å². The highest BCUT2D eigenvalue weighted by atomic mass is 32.1. The van der Waals surface area contributed by atoms with Crippen molar-refractivity contribution in [1.29, 1.82) is 0 Å². The minimum absolute atomic E-state index is 0.0429. The van der Waals surface area contributed by atoms with Gasteiger partial charge in [0.05, 0.1) is 22.9 Å². The van der Waals surface area contributed by atoms with E-state index in [1.165, 1.54) is 0 Å². The number of hydrogen-bond donors (Lipinski definition) is 3. The first kappa shape index (κ1) is 16.7. The average molecular weight is 350 g/mol. The fraction of sp³-hybridized carbons (Fsp3) is 0.0556. The molecule has 0 radical (unpaired) electrons. The molecule has 1 heterocycles. The predicted molar refractivity (Wildman–Crippen MR) is 105 cm³/mol. The van der Waals surface area contributed by atoms with E-state index in [4.69, 9.17) is 22.2 Å². The maximum atomic E-state index is 5.60. The summed E-state index contributed by atoms with van der Waals surface area (Å²) in [4.78, 5) is 12.9. The van der Waals surface area contributed by atoms with Gasteiger partial charge < -0.3 is 17.2 Å². The largest absolute Gasteiger partial charge is 0.387 e. The second-order valence-electron chi connectivity index (χ2n) is 5.42. The molecule has 6 N–H and O–H groups in total.